The van der Waals surface area contributed by atoms with Gasteiger partial charge in [0.25, 0.3) is 0 Å². The molecule has 0 aliphatic carbocycles. The minimum atomic E-state index is -3.06. The highest BCUT2D eigenvalue weighted by Crippen LogP contribution is 2.34. The molecule has 4 rings (SSSR count). The van der Waals surface area contributed by atoms with Crippen LogP contribution in [0.5, 0.6) is 11.5 Å². The average Bonchev–Trinajstić information content (AvgIpc) is 3.41. The van der Waals surface area contributed by atoms with E-state index in [1.165, 1.54) is 0 Å². The number of hydrogen-bond donors (Lipinski definition) is 1. The van der Waals surface area contributed by atoms with E-state index in [9.17, 15) is 13.2 Å². The van der Waals surface area contributed by atoms with Gasteiger partial charge in [-0.2, -0.15) is 0 Å². The Labute approximate surface area is 169 Å². The summed E-state index contributed by atoms with van der Waals surface area (Å²) in [5.74, 6) is 2.11. The smallest absolute Gasteiger partial charge is 0.234 e. The van der Waals surface area contributed by atoms with Gasteiger partial charge in [0.05, 0.1) is 36.9 Å². The van der Waals surface area contributed by atoms with Gasteiger partial charge in [-0.3, -0.25) is 9.69 Å². The molecule has 9 heteroatoms. The van der Waals surface area contributed by atoms with Crippen molar-refractivity contribution < 1.29 is 27.1 Å². The largest absolute Gasteiger partial charge is 0.468 e. The normalized spacial score (nSPS) is 20.7. The van der Waals surface area contributed by atoms with Crippen molar-refractivity contribution in [3.05, 3.63) is 47.9 Å². The molecule has 3 heterocycles. The number of benzene rings is 1. The lowest BCUT2D eigenvalue weighted by atomic mass is 10.1. The maximum atomic E-state index is 12.7. The maximum Gasteiger partial charge on any atom is 0.234 e. The summed E-state index contributed by atoms with van der Waals surface area (Å²) in [4.78, 5) is 14.6. The lowest BCUT2D eigenvalue weighted by Crippen LogP contribution is -2.43. The summed E-state index contributed by atoms with van der Waals surface area (Å²) in [7, 11) is -3.06. The number of sulfone groups is 1. The molecule has 0 unspecified atom stereocenters. The maximum absolute atomic E-state index is 12.7. The third-order valence-corrected chi connectivity index (χ3v) is 7.03. The number of nitrogens with one attached hydrogen (secondary N) is 1. The molecule has 2 aromatic rings. The standard InChI is InChI=1S/C20H24N2O6S/c1-14(15-4-5-18-19(9-15)28-13-27-18)21-20(23)11-22(10-17-3-2-7-26-17)16-6-8-29(24,25)12-16/h2-5,7,9,14,16H,6,8,10-13H2,1H3,(H,21,23)/t14-,16-/m1/s1. The molecule has 1 N–H and O–H groups in total. The number of carbonyl (C=O) groups is 1. The van der Waals surface area contributed by atoms with Crippen LogP contribution >= 0.6 is 0 Å². The zero-order valence-electron chi connectivity index (χ0n) is 16.2. The number of carbonyl (C=O) groups excluding carboxylic acids is 1. The number of fused-ring (bicyclic) bond motifs is 1. The van der Waals surface area contributed by atoms with Gasteiger partial charge < -0.3 is 19.2 Å². The fourth-order valence-electron chi connectivity index (χ4n) is 3.72. The Morgan fingerprint density at radius 1 is 1.28 bits per heavy atom. The Bertz CT molecular complexity index is 973. The summed E-state index contributed by atoms with van der Waals surface area (Å²) in [5.41, 5.74) is 0.906. The highest BCUT2D eigenvalue weighted by molar-refractivity contribution is 7.91. The van der Waals surface area contributed by atoms with E-state index >= 15 is 0 Å². The van der Waals surface area contributed by atoms with Crippen LogP contribution in [0.15, 0.2) is 41.0 Å². The molecule has 2 atom stereocenters. The second kappa shape index (κ2) is 8.08. The molecular weight excluding hydrogens is 396 g/mol. The number of amides is 1. The molecule has 156 valence electrons. The third kappa shape index (κ3) is 4.73. The van der Waals surface area contributed by atoms with E-state index in [1.54, 1.807) is 12.3 Å². The van der Waals surface area contributed by atoms with Gasteiger partial charge in [0.2, 0.25) is 12.7 Å². The minimum Gasteiger partial charge on any atom is -0.468 e. The Balaban J connectivity index is 1.41. The van der Waals surface area contributed by atoms with Crippen molar-refractivity contribution in [1.82, 2.24) is 10.2 Å². The van der Waals surface area contributed by atoms with Crippen molar-refractivity contribution in [1.29, 1.82) is 0 Å². The van der Waals surface area contributed by atoms with Crippen molar-refractivity contribution >= 4 is 15.7 Å². The van der Waals surface area contributed by atoms with Gasteiger partial charge in [-0.1, -0.05) is 6.07 Å². The van der Waals surface area contributed by atoms with Gasteiger partial charge in [0.1, 0.15) is 5.76 Å². The van der Waals surface area contributed by atoms with E-state index in [0.29, 0.717) is 30.2 Å². The highest BCUT2D eigenvalue weighted by atomic mass is 32.2. The van der Waals surface area contributed by atoms with Crippen LogP contribution < -0.4 is 14.8 Å². The van der Waals surface area contributed by atoms with Gasteiger partial charge in [-0.15, -0.1) is 0 Å². The van der Waals surface area contributed by atoms with Crippen molar-refractivity contribution in [2.24, 2.45) is 0 Å². The predicted octanol–water partition coefficient (Wildman–Crippen LogP) is 1.87. The van der Waals surface area contributed by atoms with Crippen molar-refractivity contribution in [3.8, 4) is 11.5 Å². The lowest BCUT2D eigenvalue weighted by molar-refractivity contribution is -0.123. The van der Waals surface area contributed by atoms with E-state index in [0.717, 1.165) is 5.56 Å². The van der Waals surface area contributed by atoms with Crippen LogP contribution in [0, 0.1) is 0 Å². The zero-order chi connectivity index (χ0) is 20.4. The second-order valence-electron chi connectivity index (χ2n) is 7.44. The summed E-state index contributed by atoms with van der Waals surface area (Å²) < 4.78 is 39.9. The molecule has 0 saturated carbocycles. The molecule has 0 radical (unpaired) electrons. The van der Waals surface area contributed by atoms with Gasteiger partial charge in [0, 0.05) is 6.04 Å². The van der Waals surface area contributed by atoms with Gasteiger partial charge in [-0.25, -0.2) is 8.42 Å². The topological polar surface area (TPSA) is 98.1 Å². The van der Waals surface area contributed by atoms with E-state index in [-0.39, 0.29) is 42.8 Å². The molecule has 1 aromatic heterocycles. The molecule has 0 spiro atoms. The SMILES string of the molecule is C[C@@H](NC(=O)CN(Cc1ccco1)[C@@H]1CCS(=O)(=O)C1)c1ccc2c(c1)OCO2. The molecule has 29 heavy (non-hydrogen) atoms. The summed E-state index contributed by atoms with van der Waals surface area (Å²) >= 11 is 0. The van der Waals surface area contributed by atoms with Crippen LogP contribution in [0.4, 0.5) is 0 Å². The molecule has 1 amide bonds. The first-order chi connectivity index (χ1) is 13.9. The van der Waals surface area contributed by atoms with E-state index < -0.39 is 9.84 Å². The first-order valence-corrected chi connectivity index (χ1v) is 11.4. The molecule has 1 saturated heterocycles. The predicted molar refractivity (Wildman–Crippen MR) is 105 cm³/mol. The highest BCUT2D eigenvalue weighted by Gasteiger charge is 2.33. The molecule has 8 nitrogen and oxygen atoms in total. The Kier molecular flexibility index (Phi) is 5.51. The van der Waals surface area contributed by atoms with Crippen molar-refractivity contribution in [2.45, 2.75) is 32.0 Å². The van der Waals surface area contributed by atoms with Gasteiger partial charge in [-0.05, 0) is 43.2 Å². The molecule has 1 aromatic carbocycles. The number of nitrogens with zero attached hydrogens (tertiary/aromatic N) is 1. The van der Waals surface area contributed by atoms with Crippen LogP contribution in [0.2, 0.25) is 0 Å². The van der Waals surface area contributed by atoms with Crippen LogP contribution in [0.25, 0.3) is 0 Å². The molecular formula is C20H24N2O6S. The number of ether oxygens (including phenoxy) is 2. The van der Waals surface area contributed by atoms with Gasteiger partial charge >= 0.3 is 0 Å². The van der Waals surface area contributed by atoms with Crippen LogP contribution in [-0.2, 0) is 21.2 Å². The van der Waals surface area contributed by atoms with Gasteiger partial charge in [0.15, 0.2) is 21.3 Å². The number of rotatable bonds is 7. The van der Waals surface area contributed by atoms with E-state index in [4.69, 9.17) is 13.9 Å². The average molecular weight is 420 g/mol. The van der Waals surface area contributed by atoms with Crippen LogP contribution in [0.3, 0.4) is 0 Å². The second-order valence-corrected chi connectivity index (χ2v) is 9.67. The van der Waals surface area contributed by atoms with Crippen molar-refractivity contribution in [2.75, 3.05) is 24.8 Å². The summed E-state index contributed by atoms with van der Waals surface area (Å²) in [5, 5.41) is 2.98. The third-order valence-electron chi connectivity index (χ3n) is 5.28. The Morgan fingerprint density at radius 2 is 2.10 bits per heavy atom. The van der Waals surface area contributed by atoms with E-state index in [2.05, 4.69) is 5.32 Å². The summed E-state index contributed by atoms with van der Waals surface area (Å²) in [6, 6.07) is 8.75. The van der Waals surface area contributed by atoms with Crippen molar-refractivity contribution in [3.63, 3.8) is 0 Å². The molecule has 2 aliphatic rings. The molecule has 1 fully saturated rings. The number of hydrogen-bond acceptors (Lipinski definition) is 7. The summed E-state index contributed by atoms with van der Waals surface area (Å²) in [6.07, 6.45) is 2.09. The molecule has 0 bridgehead atoms. The number of furan rings is 1. The fraction of sp³-hybridized carbons (Fsp3) is 0.450. The molecule has 2 aliphatic heterocycles. The summed E-state index contributed by atoms with van der Waals surface area (Å²) in [6.45, 7) is 2.58. The first-order valence-electron chi connectivity index (χ1n) is 9.55. The minimum absolute atomic E-state index is 0.0682. The van der Waals surface area contributed by atoms with Crippen LogP contribution in [0.1, 0.15) is 30.7 Å². The quantitative estimate of drug-likeness (QED) is 0.730. The fourth-order valence-corrected chi connectivity index (χ4v) is 5.48. The Hall–Kier alpha value is -2.52. The Morgan fingerprint density at radius 3 is 2.83 bits per heavy atom. The monoisotopic (exact) mass is 420 g/mol. The first kappa shape index (κ1) is 19.8. The lowest BCUT2D eigenvalue weighted by Gasteiger charge is -2.27. The zero-order valence-corrected chi connectivity index (χ0v) is 17.0. The van der Waals surface area contributed by atoms with Crippen LogP contribution in [-0.4, -0.2) is 50.1 Å². The van der Waals surface area contributed by atoms with E-state index in [1.807, 2.05) is 36.1 Å².